The van der Waals surface area contributed by atoms with Crippen LogP contribution in [-0.2, 0) is 18.6 Å². The fourth-order valence-corrected chi connectivity index (χ4v) is 14.2. The summed E-state index contributed by atoms with van der Waals surface area (Å²) >= 11 is 0. The molecule has 3 heterocycles. The number of hydrogen-bond donors (Lipinski definition) is 0. The van der Waals surface area contributed by atoms with Gasteiger partial charge in [-0.1, -0.05) is 153 Å². The average molecular weight is 715 g/mol. The fraction of sp³-hybridized carbons (Fsp3) is 0.727. The minimum atomic E-state index is -2.17. The van der Waals surface area contributed by atoms with Crippen molar-refractivity contribution in [2.24, 2.45) is 0 Å². The lowest BCUT2D eigenvalue weighted by Crippen LogP contribution is -2.57. The van der Waals surface area contributed by atoms with Crippen LogP contribution in [0.3, 0.4) is 0 Å². The van der Waals surface area contributed by atoms with Gasteiger partial charge in [-0.2, -0.15) is 0 Å². The monoisotopic (exact) mass is 715 g/mol. The van der Waals surface area contributed by atoms with Crippen molar-refractivity contribution in [3.05, 3.63) is 36.4 Å². The van der Waals surface area contributed by atoms with Crippen molar-refractivity contribution in [2.75, 3.05) is 0 Å². The molecule has 7 heteroatoms. The van der Waals surface area contributed by atoms with Crippen LogP contribution < -0.4 is 21.3 Å². The largest absolute Gasteiger partial charge is 0.494 e. The molecule has 3 aliphatic rings. The van der Waals surface area contributed by atoms with E-state index in [9.17, 15) is 0 Å². The van der Waals surface area contributed by atoms with E-state index in [1.54, 1.807) is 10.4 Å². The minimum absolute atomic E-state index is 0.345. The quantitative estimate of drug-likeness (QED) is 0.101. The Morgan fingerprint density at radius 3 is 1.04 bits per heavy atom. The maximum Gasteiger partial charge on any atom is 0.494 e. The lowest BCUT2D eigenvalue weighted by Gasteiger charge is -2.32. The van der Waals surface area contributed by atoms with Crippen molar-refractivity contribution in [1.29, 1.82) is 0 Å². The molecule has 0 saturated carbocycles. The normalized spacial score (nSPS) is 20.6. The molecule has 2 aromatic rings. The molecule has 0 N–H and O–H groups in total. The van der Waals surface area contributed by atoms with E-state index in [-0.39, 0.29) is 36.6 Å². The summed E-state index contributed by atoms with van der Waals surface area (Å²) in [4.78, 5) is 0. The van der Waals surface area contributed by atoms with Gasteiger partial charge in [0.2, 0.25) is 0 Å². The molecular formula is C44H72B2O4Si. The zero-order valence-electron chi connectivity index (χ0n) is 34.5. The number of hydrogen-bond acceptors (Lipinski definition) is 4. The van der Waals surface area contributed by atoms with Crippen LogP contribution in [0, 0.1) is 0 Å². The molecule has 0 unspecified atom stereocenters. The second-order valence-corrected chi connectivity index (χ2v) is 22.6. The molecule has 2 fully saturated rings. The van der Waals surface area contributed by atoms with Gasteiger partial charge in [-0.3, -0.25) is 0 Å². The SMILES string of the molecule is CCCCCCCCCC[Si]1(CCCCCCCCCC)c2cc(B3OC(C)(C)C(C)(C)O3)ccc2-c2ccc(B3OC(C)(C)C(C)(C)O3)cc21. The molecule has 4 nitrogen and oxygen atoms in total. The van der Waals surface area contributed by atoms with Crippen LogP contribution in [0.1, 0.15) is 172 Å². The van der Waals surface area contributed by atoms with E-state index in [1.807, 2.05) is 0 Å². The number of rotatable bonds is 20. The van der Waals surface area contributed by atoms with Crippen LogP contribution in [0.4, 0.5) is 0 Å². The van der Waals surface area contributed by atoms with Crippen LogP contribution in [0.5, 0.6) is 0 Å². The summed E-state index contributed by atoms with van der Waals surface area (Å²) in [7, 11) is -2.86. The summed E-state index contributed by atoms with van der Waals surface area (Å²) in [6, 6.07) is 17.0. The molecule has 282 valence electrons. The van der Waals surface area contributed by atoms with E-state index in [2.05, 4.69) is 106 Å². The molecule has 51 heavy (non-hydrogen) atoms. The van der Waals surface area contributed by atoms with Crippen molar-refractivity contribution >= 4 is 43.6 Å². The summed E-state index contributed by atoms with van der Waals surface area (Å²) in [6.45, 7) is 21.9. The predicted molar refractivity (Wildman–Crippen MR) is 223 cm³/mol. The van der Waals surface area contributed by atoms with Gasteiger partial charge < -0.3 is 18.6 Å². The highest BCUT2D eigenvalue weighted by Crippen LogP contribution is 2.40. The smallest absolute Gasteiger partial charge is 0.399 e. The zero-order chi connectivity index (χ0) is 36.9. The summed E-state index contributed by atoms with van der Waals surface area (Å²) in [5, 5.41) is 3.23. The van der Waals surface area contributed by atoms with Gasteiger partial charge in [-0.25, -0.2) is 0 Å². The minimum Gasteiger partial charge on any atom is -0.399 e. The first-order chi connectivity index (χ1) is 24.2. The van der Waals surface area contributed by atoms with Gasteiger partial charge in [-0.05, 0) is 99.9 Å². The first-order valence-electron chi connectivity index (χ1n) is 21.2. The van der Waals surface area contributed by atoms with Gasteiger partial charge in [0.05, 0.1) is 22.4 Å². The Balaban J connectivity index is 1.49. The maximum atomic E-state index is 6.65. The molecular weight excluding hydrogens is 642 g/mol. The second-order valence-electron chi connectivity index (χ2n) is 18.3. The molecule has 5 rings (SSSR count). The van der Waals surface area contributed by atoms with E-state index in [0.29, 0.717) is 0 Å². The Morgan fingerprint density at radius 1 is 0.431 bits per heavy atom. The van der Waals surface area contributed by atoms with E-state index >= 15 is 0 Å². The molecule has 0 amide bonds. The van der Waals surface area contributed by atoms with Gasteiger partial charge in [-0.15, -0.1) is 0 Å². The van der Waals surface area contributed by atoms with E-state index in [0.717, 1.165) is 0 Å². The third kappa shape index (κ3) is 8.96. The maximum absolute atomic E-state index is 6.65. The van der Waals surface area contributed by atoms with E-state index < -0.39 is 8.07 Å². The summed E-state index contributed by atoms with van der Waals surface area (Å²) in [5.74, 6) is 0. The van der Waals surface area contributed by atoms with Gasteiger partial charge in [0.15, 0.2) is 0 Å². The van der Waals surface area contributed by atoms with Crippen LogP contribution in [-0.4, -0.2) is 44.7 Å². The molecule has 0 radical (unpaired) electrons. The Labute approximate surface area is 315 Å². The van der Waals surface area contributed by atoms with Gasteiger partial charge >= 0.3 is 14.2 Å². The van der Waals surface area contributed by atoms with E-state index in [1.165, 1.54) is 137 Å². The Bertz CT molecular complexity index is 1300. The number of unbranched alkanes of at least 4 members (excludes halogenated alkanes) is 14. The van der Waals surface area contributed by atoms with Crippen molar-refractivity contribution in [3.8, 4) is 11.1 Å². The first-order valence-corrected chi connectivity index (χ1v) is 23.6. The molecule has 2 saturated heterocycles. The first kappa shape index (κ1) is 40.8. The molecule has 0 aromatic heterocycles. The van der Waals surface area contributed by atoms with Crippen LogP contribution in [0.2, 0.25) is 12.1 Å². The Kier molecular flexibility index (Phi) is 13.6. The van der Waals surface area contributed by atoms with Crippen molar-refractivity contribution in [2.45, 2.75) is 206 Å². The van der Waals surface area contributed by atoms with Crippen molar-refractivity contribution in [3.63, 3.8) is 0 Å². The average Bonchev–Trinajstić information content (AvgIpc) is 3.57. The third-order valence-corrected chi connectivity index (χ3v) is 18.7. The molecule has 0 atom stereocenters. The molecule has 0 aliphatic carbocycles. The summed E-state index contributed by atoms with van der Waals surface area (Å²) < 4.78 is 26.6. The van der Waals surface area contributed by atoms with Crippen LogP contribution in [0.15, 0.2) is 36.4 Å². The van der Waals surface area contributed by atoms with Crippen LogP contribution >= 0.6 is 0 Å². The Morgan fingerprint density at radius 2 is 0.725 bits per heavy atom. The highest BCUT2D eigenvalue weighted by Gasteiger charge is 2.54. The lowest BCUT2D eigenvalue weighted by atomic mass is 9.77. The summed E-state index contributed by atoms with van der Waals surface area (Å²) in [5.41, 5.74) is 3.79. The fourth-order valence-electron chi connectivity index (χ4n) is 8.57. The van der Waals surface area contributed by atoms with Crippen LogP contribution in [0.25, 0.3) is 11.1 Å². The second kappa shape index (κ2) is 17.0. The standard InChI is InChI=1S/C44H72B2O4Si/c1-11-13-15-17-19-21-23-25-31-51(32-26-24-22-20-18-16-14-12-2)39-33-35(45-47-41(3,4)42(5,6)48-45)27-29-37(39)38-30-28-36(34-40(38)51)46-49-43(7,8)44(9,10)50-46/h27-30,33-34H,11-26,31-32H2,1-10H3. The zero-order valence-corrected chi connectivity index (χ0v) is 35.5. The molecule has 0 bridgehead atoms. The van der Waals surface area contributed by atoms with Gasteiger partial charge in [0.25, 0.3) is 0 Å². The molecule has 2 aromatic carbocycles. The topological polar surface area (TPSA) is 36.9 Å². The van der Waals surface area contributed by atoms with Crippen molar-refractivity contribution < 1.29 is 18.6 Å². The number of benzene rings is 2. The number of fused-ring (bicyclic) bond motifs is 3. The Hall–Kier alpha value is -1.37. The van der Waals surface area contributed by atoms with Gasteiger partial charge in [0, 0.05) is 0 Å². The molecule has 3 aliphatic heterocycles. The molecule has 0 spiro atoms. The lowest BCUT2D eigenvalue weighted by molar-refractivity contribution is 0.00578. The van der Waals surface area contributed by atoms with Gasteiger partial charge in [0.1, 0.15) is 8.07 Å². The highest BCUT2D eigenvalue weighted by molar-refractivity contribution is 7.05. The third-order valence-electron chi connectivity index (χ3n) is 13.4. The predicted octanol–water partition coefficient (Wildman–Crippen LogP) is 10.1. The van der Waals surface area contributed by atoms with E-state index in [4.69, 9.17) is 18.6 Å². The van der Waals surface area contributed by atoms with Crippen molar-refractivity contribution in [1.82, 2.24) is 0 Å². The summed E-state index contributed by atoms with van der Waals surface area (Å²) in [6.07, 6.45) is 21.6. The highest BCUT2D eigenvalue weighted by atomic mass is 28.3.